The van der Waals surface area contributed by atoms with Crippen LogP contribution >= 0.6 is 0 Å². The van der Waals surface area contributed by atoms with E-state index in [1.807, 2.05) is 49.4 Å². The Labute approximate surface area is 173 Å². The predicted octanol–water partition coefficient (Wildman–Crippen LogP) is 2.70. The number of piperazine rings is 1. The zero-order chi connectivity index (χ0) is 20.7. The normalized spacial score (nSPS) is 18.8. The van der Waals surface area contributed by atoms with Crippen molar-refractivity contribution in [2.24, 2.45) is 5.10 Å². The molecule has 2 amide bonds. The van der Waals surface area contributed by atoms with E-state index in [4.69, 9.17) is 4.74 Å². The van der Waals surface area contributed by atoms with E-state index in [9.17, 15) is 9.59 Å². The first-order valence-electron chi connectivity index (χ1n) is 10.1. The van der Waals surface area contributed by atoms with Crippen molar-refractivity contribution in [3.05, 3.63) is 65.4 Å². The molecule has 0 unspecified atom stereocenters. The van der Waals surface area contributed by atoms with Crippen LogP contribution in [0.5, 0.6) is 5.75 Å². The Morgan fingerprint density at radius 1 is 1.13 bits per heavy atom. The molecule has 1 fully saturated rings. The number of ether oxygens (including phenoxy) is 1. The van der Waals surface area contributed by atoms with Gasteiger partial charge in [0.2, 0.25) is 5.91 Å². The van der Waals surface area contributed by atoms with Crippen LogP contribution in [0.25, 0.3) is 10.9 Å². The molecule has 1 saturated heterocycles. The maximum absolute atomic E-state index is 13.2. The number of amides is 2. The van der Waals surface area contributed by atoms with Gasteiger partial charge in [-0.05, 0) is 30.7 Å². The molecule has 7 nitrogen and oxygen atoms in total. The Morgan fingerprint density at radius 3 is 2.80 bits per heavy atom. The van der Waals surface area contributed by atoms with Crippen LogP contribution in [-0.4, -0.2) is 52.1 Å². The van der Waals surface area contributed by atoms with Crippen LogP contribution in [0.4, 0.5) is 0 Å². The van der Waals surface area contributed by atoms with Crippen molar-refractivity contribution in [3.8, 4) is 5.75 Å². The van der Waals surface area contributed by atoms with Gasteiger partial charge in [-0.3, -0.25) is 9.59 Å². The monoisotopic (exact) mass is 402 g/mol. The number of para-hydroxylation sites is 2. The molecule has 2 aromatic carbocycles. The third-order valence-electron chi connectivity index (χ3n) is 5.70. The largest absolute Gasteiger partial charge is 0.493 e. The number of hydrogen-bond donors (Lipinski definition) is 1. The highest BCUT2D eigenvalue weighted by molar-refractivity contribution is 5.97. The van der Waals surface area contributed by atoms with Crippen LogP contribution in [0, 0.1) is 0 Å². The van der Waals surface area contributed by atoms with Crippen molar-refractivity contribution in [1.82, 2.24) is 14.9 Å². The van der Waals surface area contributed by atoms with Gasteiger partial charge in [-0.15, -0.1) is 0 Å². The molecular formula is C23H22N4O3. The zero-order valence-electron chi connectivity index (χ0n) is 16.7. The van der Waals surface area contributed by atoms with Gasteiger partial charge < -0.3 is 14.6 Å². The van der Waals surface area contributed by atoms with E-state index in [0.717, 1.165) is 27.7 Å². The highest BCUT2D eigenvalue weighted by Gasteiger charge is 2.43. The summed E-state index contributed by atoms with van der Waals surface area (Å²) in [5.74, 6) is 0.442. The van der Waals surface area contributed by atoms with Gasteiger partial charge in [0, 0.05) is 28.6 Å². The summed E-state index contributed by atoms with van der Waals surface area (Å²) in [6.07, 6.45) is 2.08. The number of nitrogens with zero attached hydrogens (tertiary/aromatic N) is 3. The Balaban J connectivity index is 1.43. The lowest BCUT2D eigenvalue weighted by Gasteiger charge is -2.40. The van der Waals surface area contributed by atoms with Crippen LogP contribution in [-0.2, 0) is 22.6 Å². The molecule has 2 aliphatic heterocycles. The average Bonchev–Trinajstić information content (AvgIpc) is 3.13. The van der Waals surface area contributed by atoms with E-state index in [-0.39, 0.29) is 18.4 Å². The quantitative estimate of drug-likeness (QED) is 0.682. The molecular weight excluding hydrogens is 380 g/mol. The second kappa shape index (κ2) is 7.33. The van der Waals surface area contributed by atoms with Crippen molar-refractivity contribution in [1.29, 1.82) is 0 Å². The fourth-order valence-electron chi connectivity index (χ4n) is 4.26. The van der Waals surface area contributed by atoms with Crippen molar-refractivity contribution in [3.63, 3.8) is 0 Å². The molecule has 0 saturated carbocycles. The second-order valence-electron chi connectivity index (χ2n) is 7.48. The maximum Gasteiger partial charge on any atom is 0.266 e. The van der Waals surface area contributed by atoms with Crippen LogP contribution < -0.4 is 4.74 Å². The molecule has 0 radical (unpaired) electrons. The van der Waals surface area contributed by atoms with E-state index in [2.05, 4.69) is 16.2 Å². The third kappa shape index (κ3) is 3.03. The number of nitrogens with one attached hydrogen (secondary N) is 1. The summed E-state index contributed by atoms with van der Waals surface area (Å²) in [5, 5.41) is 6.74. The van der Waals surface area contributed by atoms with Gasteiger partial charge in [0.05, 0.1) is 19.4 Å². The number of hydrazone groups is 1. The molecule has 1 N–H and O–H groups in total. The summed E-state index contributed by atoms with van der Waals surface area (Å²) in [4.78, 5) is 31.1. The second-order valence-corrected chi connectivity index (χ2v) is 7.48. The van der Waals surface area contributed by atoms with Gasteiger partial charge in [-0.1, -0.05) is 30.3 Å². The molecule has 0 aliphatic carbocycles. The van der Waals surface area contributed by atoms with Crippen molar-refractivity contribution >= 4 is 28.9 Å². The molecule has 30 heavy (non-hydrogen) atoms. The van der Waals surface area contributed by atoms with Gasteiger partial charge in [0.25, 0.3) is 5.91 Å². The van der Waals surface area contributed by atoms with Crippen LogP contribution in [0.3, 0.4) is 0 Å². The molecule has 2 aliphatic rings. The molecule has 7 heteroatoms. The number of carbonyl (C=O) groups is 2. The first kappa shape index (κ1) is 18.4. The van der Waals surface area contributed by atoms with Crippen LogP contribution in [0.15, 0.2) is 53.6 Å². The summed E-state index contributed by atoms with van der Waals surface area (Å²) < 4.78 is 5.61. The zero-order valence-corrected chi connectivity index (χ0v) is 16.7. The minimum absolute atomic E-state index is 0.0573. The molecule has 1 aromatic heterocycles. The fraction of sp³-hybridized carbons (Fsp3) is 0.261. The summed E-state index contributed by atoms with van der Waals surface area (Å²) in [6.45, 7) is 2.82. The minimum Gasteiger partial charge on any atom is -0.493 e. The molecule has 1 atom stereocenters. The molecule has 3 aromatic rings. The lowest BCUT2D eigenvalue weighted by atomic mass is 9.94. The lowest BCUT2D eigenvalue weighted by Crippen LogP contribution is -2.60. The molecule has 0 bridgehead atoms. The van der Waals surface area contributed by atoms with Gasteiger partial charge in [-0.2, -0.15) is 5.10 Å². The highest BCUT2D eigenvalue weighted by atomic mass is 16.5. The number of carbonyl (C=O) groups excluding carboxylic acids is 2. The fourth-order valence-corrected chi connectivity index (χ4v) is 4.26. The van der Waals surface area contributed by atoms with E-state index in [1.165, 1.54) is 5.01 Å². The standard InChI is InChI=1S/C23H22N4O3/c1-2-30-21-10-6-3-7-15(21)12-24-27-14-22(28)26-13-19-17(11-20(26)23(27)29)16-8-4-5-9-18(16)25-19/h3-10,12,20,25H,2,11,13-14H2,1H3/b24-12+/t20-/m0/s1. The number of aromatic nitrogens is 1. The minimum atomic E-state index is -0.530. The summed E-state index contributed by atoms with van der Waals surface area (Å²) in [6, 6.07) is 15.0. The SMILES string of the molecule is CCOc1ccccc1/C=N/N1CC(=O)N2Cc3[nH]c4ccccc4c3C[C@H]2C1=O. The Bertz CT molecular complexity index is 1170. The topological polar surface area (TPSA) is 78.0 Å². The van der Waals surface area contributed by atoms with E-state index in [1.54, 1.807) is 11.1 Å². The maximum atomic E-state index is 13.2. The Morgan fingerprint density at radius 2 is 1.93 bits per heavy atom. The lowest BCUT2D eigenvalue weighted by molar-refractivity contribution is -0.157. The van der Waals surface area contributed by atoms with E-state index < -0.39 is 6.04 Å². The first-order valence-corrected chi connectivity index (χ1v) is 10.1. The number of benzene rings is 2. The predicted molar refractivity (Wildman–Crippen MR) is 113 cm³/mol. The van der Waals surface area contributed by atoms with Crippen molar-refractivity contribution < 1.29 is 14.3 Å². The number of H-pyrrole nitrogens is 1. The number of hydrogen-bond acceptors (Lipinski definition) is 4. The van der Waals surface area contributed by atoms with Crippen molar-refractivity contribution in [2.75, 3.05) is 13.2 Å². The molecule has 0 spiro atoms. The highest BCUT2D eigenvalue weighted by Crippen LogP contribution is 2.32. The summed E-state index contributed by atoms with van der Waals surface area (Å²) in [5.41, 5.74) is 3.92. The average molecular weight is 402 g/mol. The van der Waals surface area contributed by atoms with E-state index >= 15 is 0 Å². The van der Waals surface area contributed by atoms with Gasteiger partial charge in [0.15, 0.2) is 0 Å². The number of rotatable bonds is 4. The van der Waals surface area contributed by atoms with E-state index in [0.29, 0.717) is 25.3 Å². The molecule has 5 rings (SSSR count). The Kier molecular flexibility index (Phi) is 4.50. The van der Waals surface area contributed by atoms with Gasteiger partial charge >= 0.3 is 0 Å². The smallest absolute Gasteiger partial charge is 0.266 e. The van der Waals surface area contributed by atoms with Crippen LogP contribution in [0.1, 0.15) is 23.7 Å². The number of fused-ring (bicyclic) bond motifs is 4. The van der Waals surface area contributed by atoms with Gasteiger partial charge in [-0.25, -0.2) is 5.01 Å². The first-order chi connectivity index (χ1) is 14.7. The summed E-state index contributed by atoms with van der Waals surface area (Å²) in [7, 11) is 0. The summed E-state index contributed by atoms with van der Waals surface area (Å²) >= 11 is 0. The Hall–Kier alpha value is -3.61. The van der Waals surface area contributed by atoms with Crippen molar-refractivity contribution in [2.45, 2.75) is 25.9 Å². The van der Waals surface area contributed by atoms with Gasteiger partial charge in [0.1, 0.15) is 18.3 Å². The third-order valence-corrected chi connectivity index (χ3v) is 5.70. The molecule has 152 valence electrons. The number of aromatic amines is 1. The van der Waals surface area contributed by atoms with Crippen LogP contribution in [0.2, 0.25) is 0 Å². The molecule has 3 heterocycles.